The molecule has 1 saturated carbocycles. The van der Waals surface area contributed by atoms with Crippen LogP contribution in [0.5, 0.6) is 0 Å². The fraction of sp³-hybridized carbons (Fsp3) is 0.929. The van der Waals surface area contributed by atoms with E-state index in [4.69, 9.17) is 4.74 Å². The van der Waals surface area contributed by atoms with Gasteiger partial charge in [0.1, 0.15) is 6.04 Å². The summed E-state index contributed by atoms with van der Waals surface area (Å²) in [5.74, 6) is -0.0456. The summed E-state index contributed by atoms with van der Waals surface area (Å²) < 4.78 is 31.4. The SMILES string of the molecule is C[C@H]1OCCN[C@@H]1C(=O)NC1CCN(S(=O)(=O)C2CC2)CC1. The highest BCUT2D eigenvalue weighted by Crippen LogP contribution is 2.32. The van der Waals surface area contributed by atoms with Crippen molar-refractivity contribution >= 4 is 15.9 Å². The Bertz CT molecular complexity index is 512. The summed E-state index contributed by atoms with van der Waals surface area (Å²) in [4.78, 5) is 12.3. The molecule has 3 aliphatic rings. The van der Waals surface area contributed by atoms with Gasteiger partial charge in [-0.3, -0.25) is 4.79 Å². The lowest BCUT2D eigenvalue weighted by molar-refractivity contribution is -0.129. The number of ether oxygens (including phenoxy) is 1. The highest BCUT2D eigenvalue weighted by molar-refractivity contribution is 7.90. The van der Waals surface area contributed by atoms with Crippen molar-refractivity contribution in [3.63, 3.8) is 0 Å². The predicted molar refractivity (Wildman–Crippen MR) is 81.9 cm³/mol. The van der Waals surface area contributed by atoms with Crippen molar-refractivity contribution in [3.05, 3.63) is 0 Å². The summed E-state index contributed by atoms with van der Waals surface area (Å²) in [7, 11) is -3.08. The van der Waals surface area contributed by atoms with E-state index in [1.54, 1.807) is 4.31 Å². The first-order valence-electron chi connectivity index (χ1n) is 8.13. The van der Waals surface area contributed by atoms with E-state index in [2.05, 4.69) is 10.6 Å². The number of nitrogens with one attached hydrogen (secondary N) is 2. The standard InChI is InChI=1S/C14H25N3O4S/c1-10-13(15-6-9-21-10)14(18)16-11-4-7-17(8-5-11)22(19,20)12-2-3-12/h10-13,15H,2-9H2,1H3,(H,16,18)/t10-,13+/m1/s1. The first kappa shape index (κ1) is 16.2. The summed E-state index contributed by atoms with van der Waals surface area (Å²) in [6, 6.07) is -0.268. The summed E-state index contributed by atoms with van der Waals surface area (Å²) in [6.45, 7) is 4.21. The van der Waals surface area contributed by atoms with Crippen LogP contribution in [0.3, 0.4) is 0 Å². The molecule has 2 saturated heterocycles. The third-order valence-corrected chi connectivity index (χ3v) is 7.10. The Labute approximate surface area is 131 Å². The number of amides is 1. The van der Waals surface area contributed by atoms with Gasteiger partial charge in [-0.15, -0.1) is 0 Å². The summed E-state index contributed by atoms with van der Waals surface area (Å²) in [6.07, 6.45) is 2.82. The Morgan fingerprint density at radius 3 is 2.50 bits per heavy atom. The van der Waals surface area contributed by atoms with Crippen molar-refractivity contribution in [3.8, 4) is 0 Å². The van der Waals surface area contributed by atoms with E-state index in [0.29, 0.717) is 39.1 Å². The number of nitrogens with zero attached hydrogens (tertiary/aromatic N) is 1. The summed E-state index contributed by atoms with van der Waals surface area (Å²) in [5.41, 5.74) is 0. The topological polar surface area (TPSA) is 87.7 Å². The van der Waals surface area contributed by atoms with Crippen LogP contribution in [0.4, 0.5) is 0 Å². The fourth-order valence-electron chi connectivity index (χ4n) is 3.15. The van der Waals surface area contributed by atoms with Crippen LogP contribution in [-0.4, -0.2) is 68.3 Å². The van der Waals surface area contributed by atoms with Crippen LogP contribution in [0, 0.1) is 0 Å². The second-order valence-electron chi connectivity index (χ2n) is 6.43. The average Bonchev–Trinajstić information content (AvgIpc) is 3.33. The number of piperidine rings is 1. The molecule has 0 bridgehead atoms. The Balaban J connectivity index is 1.48. The van der Waals surface area contributed by atoms with E-state index in [9.17, 15) is 13.2 Å². The van der Waals surface area contributed by atoms with Crippen LogP contribution in [0.25, 0.3) is 0 Å². The highest BCUT2D eigenvalue weighted by atomic mass is 32.2. The van der Waals surface area contributed by atoms with E-state index in [0.717, 1.165) is 12.8 Å². The molecule has 22 heavy (non-hydrogen) atoms. The third-order valence-electron chi connectivity index (χ3n) is 4.70. The van der Waals surface area contributed by atoms with E-state index < -0.39 is 10.0 Å². The number of morpholine rings is 1. The van der Waals surface area contributed by atoms with Crippen LogP contribution < -0.4 is 10.6 Å². The average molecular weight is 331 g/mol. The Kier molecular flexibility index (Phi) is 4.72. The summed E-state index contributed by atoms with van der Waals surface area (Å²) >= 11 is 0. The van der Waals surface area contributed by atoms with Gasteiger partial charge in [-0.25, -0.2) is 12.7 Å². The van der Waals surface area contributed by atoms with Crippen LogP contribution in [0.15, 0.2) is 0 Å². The Hall–Kier alpha value is -0.700. The number of carbonyl (C=O) groups is 1. The molecule has 0 aromatic carbocycles. The van der Waals surface area contributed by atoms with E-state index in [1.165, 1.54) is 0 Å². The quantitative estimate of drug-likeness (QED) is 0.721. The molecule has 2 N–H and O–H groups in total. The molecule has 0 unspecified atom stereocenters. The van der Waals surface area contributed by atoms with Gasteiger partial charge < -0.3 is 15.4 Å². The molecule has 8 heteroatoms. The second kappa shape index (κ2) is 6.43. The van der Waals surface area contributed by atoms with E-state index in [1.807, 2.05) is 6.92 Å². The molecule has 0 radical (unpaired) electrons. The van der Waals surface area contributed by atoms with Gasteiger partial charge in [0.15, 0.2) is 0 Å². The monoisotopic (exact) mass is 331 g/mol. The first-order valence-corrected chi connectivity index (χ1v) is 9.63. The molecule has 3 fully saturated rings. The number of hydrogen-bond donors (Lipinski definition) is 2. The fourth-order valence-corrected chi connectivity index (χ4v) is 5.02. The van der Waals surface area contributed by atoms with E-state index in [-0.39, 0.29) is 29.3 Å². The maximum Gasteiger partial charge on any atom is 0.240 e. The van der Waals surface area contributed by atoms with Crippen molar-refractivity contribution in [1.82, 2.24) is 14.9 Å². The molecule has 0 aromatic rings. The van der Waals surface area contributed by atoms with E-state index >= 15 is 0 Å². The smallest absolute Gasteiger partial charge is 0.240 e. The minimum atomic E-state index is -3.08. The Morgan fingerprint density at radius 2 is 1.91 bits per heavy atom. The van der Waals surface area contributed by atoms with Crippen LogP contribution in [0.1, 0.15) is 32.6 Å². The molecular weight excluding hydrogens is 306 g/mol. The molecule has 0 aromatic heterocycles. The number of hydrogen-bond acceptors (Lipinski definition) is 5. The lowest BCUT2D eigenvalue weighted by Crippen LogP contribution is -2.58. The minimum Gasteiger partial charge on any atom is -0.375 e. The highest BCUT2D eigenvalue weighted by Gasteiger charge is 2.41. The van der Waals surface area contributed by atoms with Gasteiger partial charge in [-0.2, -0.15) is 0 Å². The number of carbonyl (C=O) groups excluding carboxylic acids is 1. The van der Waals surface area contributed by atoms with Gasteiger partial charge in [0.05, 0.1) is 18.0 Å². The molecule has 126 valence electrons. The van der Waals surface area contributed by atoms with Crippen molar-refractivity contribution in [1.29, 1.82) is 0 Å². The van der Waals surface area contributed by atoms with Crippen molar-refractivity contribution in [2.75, 3.05) is 26.2 Å². The predicted octanol–water partition coefficient (Wildman–Crippen LogP) is -0.564. The number of rotatable bonds is 4. The van der Waals surface area contributed by atoms with Crippen LogP contribution >= 0.6 is 0 Å². The maximum absolute atomic E-state index is 12.3. The van der Waals surface area contributed by atoms with Gasteiger partial charge in [-0.1, -0.05) is 0 Å². The molecule has 1 amide bonds. The molecule has 3 rings (SSSR count). The number of sulfonamides is 1. The first-order chi connectivity index (χ1) is 10.5. The third kappa shape index (κ3) is 3.45. The van der Waals surface area contributed by atoms with Crippen LogP contribution in [-0.2, 0) is 19.6 Å². The molecule has 1 aliphatic carbocycles. The van der Waals surface area contributed by atoms with Gasteiger partial charge in [-0.05, 0) is 32.6 Å². The van der Waals surface area contributed by atoms with Gasteiger partial charge >= 0.3 is 0 Å². The maximum atomic E-state index is 12.3. The lowest BCUT2D eigenvalue weighted by Gasteiger charge is -2.34. The second-order valence-corrected chi connectivity index (χ2v) is 8.65. The zero-order valence-corrected chi connectivity index (χ0v) is 13.8. The molecule has 2 heterocycles. The molecular formula is C14H25N3O4S. The minimum absolute atomic E-state index is 0.0456. The zero-order valence-electron chi connectivity index (χ0n) is 13.0. The lowest BCUT2D eigenvalue weighted by atomic mass is 10.0. The zero-order chi connectivity index (χ0) is 15.7. The van der Waals surface area contributed by atoms with Gasteiger partial charge in [0.25, 0.3) is 0 Å². The van der Waals surface area contributed by atoms with Crippen molar-refractivity contribution in [2.45, 2.75) is 56.0 Å². The van der Waals surface area contributed by atoms with Crippen LogP contribution in [0.2, 0.25) is 0 Å². The van der Waals surface area contributed by atoms with Gasteiger partial charge in [0, 0.05) is 25.7 Å². The molecule has 2 aliphatic heterocycles. The van der Waals surface area contributed by atoms with Crippen molar-refractivity contribution in [2.24, 2.45) is 0 Å². The Morgan fingerprint density at radius 1 is 1.23 bits per heavy atom. The summed E-state index contributed by atoms with van der Waals surface area (Å²) in [5, 5.41) is 6.05. The molecule has 0 spiro atoms. The van der Waals surface area contributed by atoms with Crippen molar-refractivity contribution < 1.29 is 17.9 Å². The largest absolute Gasteiger partial charge is 0.375 e. The molecule has 7 nitrogen and oxygen atoms in total. The normalized spacial score (nSPS) is 31.9. The van der Waals surface area contributed by atoms with Gasteiger partial charge in [0.2, 0.25) is 15.9 Å². The molecule has 2 atom stereocenters.